The summed E-state index contributed by atoms with van der Waals surface area (Å²) in [7, 11) is 0. The van der Waals surface area contributed by atoms with E-state index in [-0.39, 0.29) is 18.6 Å². The average molecular weight is 408 g/mol. The maximum Gasteiger partial charge on any atom is 0.246 e. The van der Waals surface area contributed by atoms with Crippen molar-refractivity contribution in [1.29, 1.82) is 0 Å². The number of benzene rings is 2. The van der Waals surface area contributed by atoms with Crippen molar-refractivity contribution >= 4 is 22.6 Å². The molecule has 7 nitrogen and oxygen atoms in total. The molecular weight excluding hydrogens is 378 g/mol. The van der Waals surface area contributed by atoms with E-state index in [1.54, 1.807) is 4.68 Å². The molecule has 0 aliphatic carbocycles. The third-order valence-electron chi connectivity index (χ3n) is 5.84. The van der Waals surface area contributed by atoms with Crippen LogP contribution >= 0.6 is 0 Å². The molecule has 0 saturated carbocycles. The zero-order valence-corrected chi connectivity index (χ0v) is 17.6. The summed E-state index contributed by atoms with van der Waals surface area (Å²) >= 11 is 0. The number of nitrogens with zero attached hydrogens (tertiary/aromatic N) is 4. The minimum atomic E-state index is -0.131. The maximum absolute atomic E-state index is 12.6. The molecule has 1 aliphatic heterocycles. The summed E-state index contributed by atoms with van der Waals surface area (Å²) in [4.78, 5) is 15.1. The van der Waals surface area contributed by atoms with Gasteiger partial charge in [0.1, 0.15) is 12.1 Å². The lowest BCUT2D eigenvalue weighted by molar-refractivity contribution is -0.116. The number of hydrogen-bond donors (Lipinski definition) is 1. The highest BCUT2D eigenvalue weighted by molar-refractivity contribution is 5.91. The van der Waals surface area contributed by atoms with Crippen molar-refractivity contribution in [3.8, 4) is 0 Å². The molecule has 1 aliphatic rings. The predicted molar refractivity (Wildman–Crippen MR) is 117 cm³/mol. The van der Waals surface area contributed by atoms with Gasteiger partial charge >= 0.3 is 0 Å². The number of carbonyl (C=O) groups is 1. The number of rotatable bonds is 7. The lowest BCUT2D eigenvalue weighted by Gasteiger charge is -2.36. The Kier molecular flexibility index (Phi) is 6.40. The molecular formula is C23H29N5O2. The fourth-order valence-electron chi connectivity index (χ4n) is 4.27. The smallest absolute Gasteiger partial charge is 0.246 e. The second kappa shape index (κ2) is 9.36. The Bertz CT molecular complexity index is 998. The zero-order chi connectivity index (χ0) is 20.9. The minimum Gasteiger partial charge on any atom is -0.373 e. The van der Waals surface area contributed by atoms with Crippen LogP contribution in [0.15, 0.2) is 48.5 Å². The van der Waals surface area contributed by atoms with Crippen LogP contribution in [0.25, 0.3) is 11.0 Å². The lowest BCUT2D eigenvalue weighted by Crippen LogP contribution is -2.40. The van der Waals surface area contributed by atoms with Crippen molar-refractivity contribution in [3.63, 3.8) is 0 Å². The van der Waals surface area contributed by atoms with Gasteiger partial charge in [-0.05, 0) is 55.8 Å². The summed E-state index contributed by atoms with van der Waals surface area (Å²) in [5.74, 6) is -0.131. The van der Waals surface area contributed by atoms with Gasteiger partial charge in [-0.1, -0.05) is 43.3 Å². The zero-order valence-electron chi connectivity index (χ0n) is 17.6. The molecule has 0 unspecified atom stereocenters. The number of fused-ring (bicyclic) bond motifs is 1. The Morgan fingerprint density at radius 1 is 1.20 bits per heavy atom. The average Bonchev–Trinajstić information content (AvgIpc) is 3.18. The first kappa shape index (κ1) is 20.5. The van der Waals surface area contributed by atoms with Crippen LogP contribution in [-0.4, -0.2) is 51.5 Å². The molecule has 2 heterocycles. The van der Waals surface area contributed by atoms with E-state index in [0.29, 0.717) is 6.04 Å². The minimum absolute atomic E-state index is 0.0560. The Morgan fingerprint density at radius 2 is 2.03 bits per heavy atom. The van der Waals surface area contributed by atoms with E-state index in [1.165, 1.54) is 0 Å². The molecule has 158 valence electrons. The van der Waals surface area contributed by atoms with Gasteiger partial charge in [0.25, 0.3) is 0 Å². The van der Waals surface area contributed by atoms with Crippen LogP contribution in [-0.2, 0) is 16.1 Å². The van der Waals surface area contributed by atoms with Crippen LogP contribution in [0.5, 0.6) is 0 Å². The van der Waals surface area contributed by atoms with Crippen LogP contribution in [0, 0.1) is 0 Å². The molecule has 0 bridgehead atoms. The van der Waals surface area contributed by atoms with Gasteiger partial charge in [-0.25, -0.2) is 4.68 Å². The van der Waals surface area contributed by atoms with Gasteiger partial charge < -0.3 is 15.0 Å². The summed E-state index contributed by atoms with van der Waals surface area (Å²) in [6, 6.07) is 16.1. The number of nitrogens with one attached hydrogen (secondary N) is 1. The quantitative estimate of drug-likeness (QED) is 0.647. The second-order valence-corrected chi connectivity index (χ2v) is 7.67. The van der Waals surface area contributed by atoms with Gasteiger partial charge in [-0.3, -0.25) is 4.79 Å². The molecule has 1 amide bonds. The molecule has 0 radical (unpaired) electrons. The summed E-state index contributed by atoms with van der Waals surface area (Å²) in [5.41, 5.74) is 3.51. The van der Waals surface area contributed by atoms with Crippen LogP contribution < -0.4 is 5.32 Å². The predicted octanol–water partition coefficient (Wildman–Crippen LogP) is 3.63. The van der Waals surface area contributed by atoms with Crippen molar-refractivity contribution in [1.82, 2.24) is 19.9 Å². The van der Waals surface area contributed by atoms with E-state index in [9.17, 15) is 4.79 Å². The van der Waals surface area contributed by atoms with Gasteiger partial charge in [0.15, 0.2) is 0 Å². The molecule has 1 N–H and O–H groups in total. The summed E-state index contributed by atoms with van der Waals surface area (Å²) in [6.45, 7) is 7.42. The Labute approximate surface area is 177 Å². The summed E-state index contributed by atoms with van der Waals surface area (Å²) in [5, 5.41) is 11.2. The van der Waals surface area contributed by atoms with Gasteiger partial charge in [-0.15, -0.1) is 5.10 Å². The van der Waals surface area contributed by atoms with Gasteiger partial charge in [0.05, 0.1) is 11.6 Å². The van der Waals surface area contributed by atoms with Crippen molar-refractivity contribution < 1.29 is 9.53 Å². The Balaban J connectivity index is 1.42. The fraction of sp³-hybridized carbons (Fsp3) is 0.435. The van der Waals surface area contributed by atoms with E-state index in [4.69, 9.17) is 4.74 Å². The van der Waals surface area contributed by atoms with Crippen LogP contribution in [0.1, 0.15) is 38.4 Å². The first-order chi connectivity index (χ1) is 14.7. The van der Waals surface area contributed by atoms with Crippen LogP contribution in [0.4, 0.5) is 5.69 Å². The monoisotopic (exact) mass is 407 g/mol. The first-order valence-corrected chi connectivity index (χ1v) is 10.7. The first-order valence-electron chi connectivity index (χ1n) is 10.7. The largest absolute Gasteiger partial charge is 0.373 e. The summed E-state index contributed by atoms with van der Waals surface area (Å²) < 4.78 is 7.68. The van der Waals surface area contributed by atoms with Crippen LogP contribution in [0.2, 0.25) is 0 Å². The lowest BCUT2D eigenvalue weighted by atomic mass is 9.96. The molecule has 3 aromatic rings. The number of aromatic nitrogens is 3. The highest BCUT2D eigenvalue weighted by Gasteiger charge is 2.27. The molecule has 1 fully saturated rings. The van der Waals surface area contributed by atoms with Crippen LogP contribution in [0.3, 0.4) is 0 Å². The second-order valence-electron chi connectivity index (χ2n) is 7.67. The highest BCUT2D eigenvalue weighted by Crippen LogP contribution is 2.31. The maximum atomic E-state index is 12.6. The third kappa shape index (κ3) is 4.52. The van der Waals surface area contributed by atoms with Crippen molar-refractivity contribution in [2.75, 3.05) is 25.0 Å². The van der Waals surface area contributed by atoms with Gasteiger partial charge in [-0.2, -0.15) is 0 Å². The molecule has 30 heavy (non-hydrogen) atoms. The normalized spacial score (nSPS) is 19.3. The van der Waals surface area contributed by atoms with Crippen molar-refractivity contribution in [2.45, 2.75) is 45.4 Å². The fourth-order valence-corrected chi connectivity index (χ4v) is 4.27. The molecule has 1 aromatic heterocycles. The Hall–Kier alpha value is -2.77. The van der Waals surface area contributed by atoms with E-state index in [0.717, 1.165) is 54.8 Å². The molecule has 1 saturated heterocycles. The van der Waals surface area contributed by atoms with E-state index in [2.05, 4.69) is 40.4 Å². The molecule has 7 heteroatoms. The van der Waals surface area contributed by atoms with Crippen molar-refractivity contribution in [2.24, 2.45) is 0 Å². The highest BCUT2D eigenvalue weighted by atomic mass is 16.5. The number of para-hydroxylation sites is 1. The van der Waals surface area contributed by atoms with E-state index < -0.39 is 0 Å². The SMILES string of the molecule is CCN(CC)[C@@H]1CCO[C@H](c2cccc(NC(=O)Cn3nnc4ccccc43)c2)C1. The molecule has 2 atom stereocenters. The topological polar surface area (TPSA) is 72.3 Å². The Morgan fingerprint density at radius 3 is 2.87 bits per heavy atom. The number of hydrogen-bond acceptors (Lipinski definition) is 5. The number of anilines is 1. The van der Waals surface area contributed by atoms with Gasteiger partial charge in [0, 0.05) is 18.3 Å². The van der Waals surface area contributed by atoms with Gasteiger partial charge in [0.2, 0.25) is 5.91 Å². The molecule has 2 aromatic carbocycles. The van der Waals surface area contributed by atoms with E-state index >= 15 is 0 Å². The summed E-state index contributed by atoms with van der Waals surface area (Å²) in [6.07, 6.45) is 2.10. The van der Waals surface area contributed by atoms with E-state index in [1.807, 2.05) is 42.5 Å². The number of amides is 1. The number of carbonyl (C=O) groups excluding carboxylic acids is 1. The third-order valence-corrected chi connectivity index (χ3v) is 5.84. The molecule has 0 spiro atoms. The number of ether oxygens (including phenoxy) is 1. The van der Waals surface area contributed by atoms with Crippen molar-refractivity contribution in [3.05, 3.63) is 54.1 Å². The molecule has 4 rings (SSSR count). The standard InChI is InChI=1S/C23H29N5O2/c1-3-27(4-2)19-12-13-30-22(15-19)17-8-7-9-18(14-17)24-23(29)16-28-21-11-6-5-10-20(21)25-26-28/h5-11,14,19,22H,3-4,12-13,15-16H2,1-2H3,(H,24,29)/t19-,22+/m1/s1.